The third kappa shape index (κ3) is 4.88. The van der Waals surface area contributed by atoms with Crippen molar-refractivity contribution in [3.8, 4) is 0 Å². The summed E-state index contributed by atoms with van der Waals surface area (Å²) in [5, 5.41) is 9.26. The molecule has 1 saturated carbocycles. The summed E-state index contributed by atoms with van der Waals surface area (Å²) in [6.45, 7) is 4.83. The van der Waals surface area contributed by atoms with Gasteiger partial charge in [-0.05, 0) is 39.0 Å². The summed E-state index contributed by atoms with van der Waals surface area (Å²) in [6.07, 6.45) is 1.30. The number of alkyl halides is 2. The van der Waals surface area contributed by atoms with E-state index >= 15 is 0 Å². The maximum atomic E-state index is 13.7. The molecule has 21 heavy (non-hydrogen) atoms. The van der Waals surface area contributed by atoms with Crippen LogP contribution in [0.15, 0.2) is 0 Å². The lowest BCUT2D eigenvalue weighted by atomic mass is 9.97. The van der Waals surface area contributed by atoms with E-state index in [1.807, 2.05) is 6.92 Å². The van der Waals surface area contributed by atoms with Gasteiger partial charge in [-0.2, -0.15) is 0 Å². The van der Waals surface area contributed by atoms with Crippen LogP contribution in [-0.4, -0.2) is 35.5 Å². The van der Waals surface area contributed by atoms with E-state index in [1.165, 1.54) is 13.8 Å². The molecule has 0 aromatic carbocycles. The molecule has 0 aromatic heterocycles. The van der Waals surface area contributed by atoms with Gasteiger partial charge in [-0.25, -0.2) is 8.78 Å². The minimum Gasteiger partial charge on any atom is -0.459 e. The first-order chi connectivity index (χ1) is 9.76. The van der Waals surface area contributed by atoms with Crippen LogP contribution in [0.3, 0.4) is 0 Å². The molecule has 1 aliphatic carbocycles. The summed E-state index contributed by atoms with van der Waals surface area (Å²) < 4.78 is 37.5. The van der Waals surface area contributed by atoms with Crippen molar-refractivity contribution in [1.82, 2.24) is 0 Å². The molecule has 124 valence electrons. The van der Waals surface area contributed by atoms with Crippen molar-refractivity contribution in [2.75, 3.05) is 6.61 Å². The maximum Gasteiger partial charge on any atom is 0.309 e. The molecule has 4 nitrogen and oxygen atoms in total. The number of hydrogen-bond donors (Lipinski definition) is 1. The fourth-order valence-electron chi connectivity index (χ4n) is 2.73. The van der Waals surface area contributed by atoms with Gasteiger partial charge >= 0.3 is 5.97 Å². The smallest absolute Gasteiger partial charge is 0.309 e. The first-order valence-electron chi connectivity index (χ1n) is 7.66. The Morgan fingerprint density at radius 3 is 2.38 bits per heavy atom. The highest BCUT2D eigenvalue weighted by atomic mass is 19.3. The summed E-state index contributed by atoms with van der Waals surface area (Å²) >= 11 is 0. The van der Waals surface area contributed by atoms with Gasteiger partial charge in [-0.1, -0.05) is 13.8 Å². The van der Waals surface area contributed by atoms with Gasteiger partial charge in [-0.3, -0.25) is 4.79 Å². The molecule has 6 heteroatoms. The van der Waals surface area contributed by atoms with E-state index in [4.69, 9.17) is 4.74 Å². The van der Waals surface area contributed by atoms with Crippen LogP contribution < -0.4 is 0 Å². The summed E-state index contributed by atoms with van der Waals surface area (Å²) in [5.74, 6) is -5.08. The largest absolute Gasteiger partial charge is 0.459 e. The topological polar surface area (TPSA) is 55.8 Å². The fraction of sp³-hybridized carbons (Fsp3) is 0.933. The summed E-state index contributed by atoms with van der Waals surface area (Å²) in [6, 6.07) is 0. The Labute approximate surface area is 124 Å². The number of halogens is 2. The first kappa shape index (κ1) is 18.3. The van der Waals surface area contributed by atoms with Gasteiger partial charge in [0.1, 0.15) is 5.60 Å². The Hall–Kier alpha value is -0.750. The molecule has 0 radical (unpaired) electrons. The Morgan fingerprint density at radius 1 is 1.33 bits per heavy atom. The van der Waals surface area contributed by atoms with Gasteiger partial charge < -0.3 is 14.6 Å². The van der Waals surface area contributed by atoms with Crippen molar-refractivity contribution in [3.63, 3.8) is 0 Å². The van der Waals surface area contributed by atoms with E-state index in [0.717, 1.165) is 25.7 Å². The van der Waals surface area contributed by atoms with Crippen LogP contribution in [0.1, 0.15) is 59.3 Å². The van der Waals surface area contributed by atoms with Crippen LogP contribution in [0, 0.1) is 5.92 Å². The van der Waals surface area contributed by atoms with Gasteiger partial charge in [0.25, 0.3) is 5.92 Å². The number of aliphatic hydroxyl groups is 1. The molecule has 0 heterocycles. The first-order valence-corrected chi connectivity index (χ1v) is 7.66. The monoisotopic (exact) mass is 308 g/mol. The summed E-state index contributed by atoms with van der Waals surface area (Å²) in [5.41, 5.74) is -0.487. The number of hydrogen-bond acceptors (Lipinski definition) is 4. The lowest BCUT2D eigenvalue weighted by Gasteiger charge is -2.30. The second-order valence-corrected chi connectivity index (χ2v) is 5.84. The highest BCUT2D eigenvalue weighted by Gasteiger charge is 2.44. The second-order valence-electron chi connectivity index (χ2n) is 5.84. The molecule has 1 fully saturated rings. The zero-order valence-electron chi connectivity index (χ0n) is 13.0. The molecule has 1 rings (SSSR count). The zero-order valence-corrected chi connectivity index (χ0v) is 13.0. The predicted octanol–water partition coefficient (Wildman–Crippen LogP) is 3.27. The Bertz CT molecular complexity index is 341. The van der Waals surface area contributed by atoms with Crippen LogP contribution in [0.5, 0.6) is 0 Å². The van der Waals surface area contributed by atoms with Gasteiger partial charge in [0.05, 0.1) is 5.92 Å². The molecular weight excluding hydrogens is 282 g/mol. The quantitative estimate of drug-likeness (QED) is 0.552. The number of esters is 1. The van der Waals surface area contributed by atoms with Crippen LogP contribution in [0.4, 0.5) is 8.78 Å². The van der Waals surface area contributed by atoms with E-state index in [2.05, 4.69) is 4.74 Å². The molecule has 2 atom stereocenters. The molecule has 0 amide bonds. The number of aliphatic hydroxyl groups excluding tert-OH is 1. The number of rotatable bonds is 8. The van der Waals surface area contributed by atoms with Gasteiger partial charge in [0, 0.05) is 13.0 Å². The third-order valence-electron chi connectivity index (χ3n) is 4.14. The zero-order chi connectivity index (χ0) is 16.1. The summed E-state index contributed by atoms with van der Waals surface area (Å²) in [7, 11) is 0. The van der Waals surface area contributed by atoms with Gasteiger partial charge in [0.2, 0.25) is 6.29 Å². The normalized spacial score (nSPS) is 21.0. The molecule has 0 spiro atoms. The number of carbonyl (C=O) groups excluding carboxylic acids is 1. The SMILES string of the molecule is CCOC(O)C(F)(F)CC(C)C(=O)OC1(CC)CCCC1. The highest BCUT2D eigenvalue weighted by molar-refractivity contribution is 5.72. The van der Waals surface area contributed by atoms with Crippen molar-refractivity contribution < 1.29 is 28.2 Å². The highest BCUT2D eigenvalue weighted by Crippen LogP contribution is 2.37. The standard InChI is InChI=1S/C15H26F2O4/c1-4-14(8-6-7-9-14)21-12(18)11(3)10-15(16,17)13(19)20-5-2/h11,13,19H,4-10H2,1-3H3. The Kier molecular flexibility index (Phi) is 6.53. The average molecular weight is 308 g/mol. The lowest BCUT2D eigenvalue weighted by Crippen LogP contribution is -2.40. The average Bonchev–Trinajstić information content (AvgIpc) is 2.87. The van der Waals surface area contributed by atoms with Crippen LogP contribution >= 0.6 is 0 Å². The van der Waals surface area contributed by atoms with Gasteiger partial charge in [-0.15, -0.1) is 0 Å². The van der Waals surface area contributed by atoms with E-state index in [9.17, 15) is 18.7 Å². The van der Waals surface area contributed by atoms with Crippen LogP contribution in [0.25, 0.3) is 0 Å². The Balaban J connectivity index is 2.58. The molecular formula is C15H26F2O4. The van der Waals surface area contributed by atoms with Crippen molar-refractivity contribution in [1.29, 1.82) is 0 Å². The van der Waals surface area contributed by atoms with Crippen LogP contribution in [0.2, 0.25) is 0 Å². The van der Waals surface area contributed by atoms with E-state index in [0.29, 0.717) is 6.42 Å². The van der Waals surface area contributed by atoms with Crippen molar-refractivity contribution >= 4 is 5.97 Å². The fourth-order valence-corrected chi connectivity index (χ4v) is 2.73. The van der Waals surface area contributed by atoms with Gasteiger partial charge in [0.15, 0.2) is 0 Å². The molecule has 1 N–H and O–H groups in total. The number of ether oxygens (including phenoxy) is 2. The van der Waals surface area contributed by atoms with Crippen molar-refractivity contribution in [2.45, 2.75) is 77.1 Å². The third-order valence-corrected chi connectivity index (χ3v) is 4.14. The molecule has 2 unspecified atom stereocenters. The number of carbonyl (C=O) groups is 1. The van der Waals surface area contributed by atoms with E-state index in [1.54, 1.807) is 0 Å². The minimum atomic E-state index is -3.47. The van der Waals surface area contributed by atoms with Crippen LogP contribution in [-0.2, 0) is 14.3 Å². The Morgan fingerprint density at radius 2 is 1.90 bits per heavy atom. The van der Waals surface area contributed by atoms with E-state index in [-0.39, 0.29) is 6.61 Å². The van der Waals surface area contributed by atoms with Crippen molar-refractivity contribution in [2.24, 2.45) is 5.92 Å². The molecule has 0 aliphatic heterocycles. The lowest BCUT2D eigenvalue weighted by molar-refractivity contribution is -0.239. The molecule has 0 saturated heterocycles. The summed E-state index contributed by atoms with van der Waals surface area (Å²) in [4.78, 5) is 12.0. The van der Waals surface area contributed by atoms with E-state index < -0.39 is 36.1 Å². The molecule has 0 bridgehead atoms. The minimum absolute atomic E-state index is 0.0193. The molecule has 1 aliphatic rings. The van der Waals surface area contributed by atoms with Crippen molar-refractivity contribution in [3.05, 3.63) is 0 Å². The second kappa shape index (κ2) is 7.49. The maximum absolute atomic E-state index is 13.7. The predicted molar refractivity (Wildman–Crippen MR) is 73.9 cm³/mol. The molecule has 0 aromatic rings.